The van der Waals surface area contributed by atoms with Crippen molar-refractivity contribution in [2.45, 2.75) is 40.2 Å². The summed E-state index contributed by atoms with van der Waals surface area (Å²) in [6.07, 6.45) is 0.913. The highest BCUT2D eigenvalue weighted by molar-refractivity contribution is 5.90. The molecule has 3 nitrogen and oxygen atoms in total. The van der Waals surface area contributed by atoms with Crippen LogP contribution in [-0.4, -0.2) is 12.1 Å². The Balaban J connectivity index is 2.62. The molecule has 1 rings (SSSR count). The molecule has 0 saturated carbocycles. The van der Waals surface area contributed by atoms with E-state index in [0.717, 1.165) is 17.7 Å². The minimum Gasteiger partial charge on any atom is -0.335 e. The topological polar surface area (TPSA) is 41.1 Å². The summed E-state index contributed by atoms with van der Waals surface area (Å²) in [7, 11) is 0. The molecule has 0 heterocycles. The molecule has 2 amide bonds. The summed E-state index contributed by atoms with van der Waals surface area (Å²) < 4.78 is 0. The van der Waals surface area contributed by atoms with Gasteiger partial charge in [0.2, 0.25) is 0 Å². The van der Waals surface area contributed by atoms with Gasteiger partial charge in [-0.25, -0.2) is 4.79 Å². The van der Waals surface area contributed by atoms with E-state index in [1.54, 1.807) is 0 Å². The van der Waals surface area contributed by atoms with Crippen LogP contribution >= 0.6 is 0 Å². The van der Waals surface area contributed by atoms with E-state index in [4.69, 9.17) is 0 Å². The molecular formula is C14H22N2O. The van der Waals surface area contributed by atoms with E-state index in [2.05, 4.69) is 31.4 Å². The first-order valence-electron chi connectivity index (χ1n) is 6.20. The third-order valence-electron chi connectivity index (χ3n) is 3.01. The third-order valence-corrected chi connectivity index (χ3v) is 3.01. The fourth-order valence-electron chi connectivity index (χ4n) is 1.48. The monoisotopic (exact) mass is 234 g/mol. The van der Waals surface area contributed by atoms with Crippen molar-refractivity contribution in [2.75, 3.05) is 5.32 Å². The first-order chi connectivity index (χ1) is 8.04. The molecule has 94 valence electrons. The Morgan fingerprint density at radius 2 is 1.88 bits per heavy atom. The predicted octanol–water partition coefficient (Wildman–Crippen LogP) is 3.42. The predicted molar refractivity (Wildman–Crippen MR) is 72.3 cm³/mol. The Morgan fingerprint density at radius 1 is 1.24 bits per heavy atom. The molecule has 1 atom stereocenters. The number of hydrogen-bond acceptors (Lipinski definition) is 1. The summed E-state index contributed by atoms with van der Waals surface area (Å²) in [5.74, 6) is 0.433. The number of anilines is 1. The number of para-hydroxylation sites is 1. The van der Waals surface area contributed by atoms with Crippen molar-refractivity contribution in [3.05, 3.63) is 29.8 Å². The molecule has 0 spiro atoms. The first-order valence-corrected chi connectivity index (χ1v) is 6.20. The Morgan fingerprint density at radius 3 is 2.47 bits per heavy atom. The van der Waals surface area contributed by atoms with Gasteiger partial charge in [-0.3, -0.25) is 0 Å². The quantitative estimate of drug-likeness (QED) is 0.823. The lowest BCUT2D eigenvalue weighted by atomic mass is 10.1. The van der Waals surface area contributed by atoms with Gasteiger partial charge in [0.1, 0.15) is 0 Å². The van der Waals surface area contributed by atoms with E-state index >= 15 is 0 Å². The third kappa shape index (κ3) is 4.10. The standard InChI is InChI=1S/C14H22N2O/c1-5-12-8-6-7-9-13(12)16-14(17)15-11(4)10(2)3/h6-11H,5H2,1-4H3,(H2,15,16,17)/t11-/m0/s1. The molecule has 0 aliphatic rings. The second kappa shape index (κ2) is 6.28. The number of nitrogens with one attached hydrogen (secondary N) is 2. The molecule has 0 aliphatic heterocycles. The molecule has 3 heteroatoms. The van der Waals surface area contributed by atoms with E-state index < -0.39 is 0 Å². The van der Waals surface area contributed by atoms with Crippen LogP contribution in [0.25, 0.3) is 0 Å². The number of rotatable bonds is 4. The summed E-state index contributed by atoms with van der Waals surface area (Å²) in [5.41, 5.74) is 2.04. The number of urea groups is 1. The van der Waals surface area contributed by atoms with Gasteiger partial charge in [-0.2, -0.15) is 0 Å². The SMILES string of the molecule is CCc1ccccc1NC(=O)N[C@@H](C)C(C)C. The average molecular weight is 234 g/mol. The maximum Gasteiger partial charge on any atom is 0.319 e. The van der Waals surface area contributed by atoms with Gasteiger partial charge < -0.3 is 10.6 Å². The zero-order valence-electron chi connectivity index (χ0n) is 11.1. The summed E-state index contributed by atoms with van der Waals surface area (Å²) in [6, 6.07) is 7.91. The van der Waals surface area contributed by atoms with Crippen molar-refractivity contribution in [1.29, 1.82) is 0 Å². The molecule has 17 heavy (non-hydrogen) atoms. The van der Waals surface area contributed by atoms with Crippen LogP contribution in [0, 0.1) is 5.92 Å². The average Bonchev–Trinajstić information content (AvgIpc) is 2.29. The molecule has 0 aliphatic carbocycles. The number of hydrogen-bond donors (Lipinski definition) is 2. The maximum atomic E-state index is 11.8. The number of aryl methyl sites for hydroxylation is 1. The Hall–Kier alpha value is -1.51. The van der Waals surface area contributed by atoms with Gasteiger partial charge in [0.05, 0.1) is 0 Å². The second-order valence-corrected chi connectivity index (χ2v) is 4.64. The van der Waals surface area contributed by atoms with Crippen LogP contribution in [0.15, 0.2) is 24.3 Å². The minimum absolute atomic E-state index is 0.132. The minimum atomic E-state index is -0.132. The van der Waals surface area contributed by atoms with Crippen molar-refractivity contribution in [2.24, 2.45) is 5.92 Å². The molecule has 0 saturated heterocycles. The van der Waals surface area contributed by atoms with Gasteiger partial charge in [-0.15, -0.1) is 0 Å². The molecule has 0 bridgehead atoms. The zero-order chi connectivity index (χ0) is 12.8. The number of carbonyl (C=O) groups is 1. The largest absolute Gasteiger partial charge is 0.335 e. The van der Waals surface area contributed by atoms with E-state index in [1.807, 2.05) is 31.2 Å². The normalized spacial score (nSPS) is 12.3. The lowest BCUT2D eigenvalue weighted by molar-refractivity contribution is 0.246. The fourth-order valence-corrected chi connectivity index (χ4v) is 1.48. The first kappa shape index (κ1) is 13.6. The lowest BCUT2D eigenvalue weighted by Gasteiger charge is -2.18. The molecule has 1 aromatic rings. The lowest BCUT2D eigenvalue weighted by Crippen LogP contribution is -2.39. The van der Waals surface area contributed by atoms with Crippen LogP contribution < -0.4 is 10.6 Å². The van der Waals surface area contributed by atoms with Crippen LogP contribution in [0.1, 0.15) is 33.3 Å². The van der Waals surface area contributed by atoms with Gasteiger partial charge in [-0.1, -0.05) is 39.0 Å². The van der Waals surface area contributed by atoms with Crippen molar-refractivity contribution < 1.29 is 4.79 Å². The highest BCUT2D eigenvalue weighted by Crippen LogP contribution is 2.15. The number of benzene rings is 1. The van der Waals surface area contributed by atoms with E-state index in [-0.39, 0.29) is 12.1 Å². The van der Waals surface area contributed by atoms with E-state index in [9.17, 15) is 4.79 Å². The van der Waals surface area contributed by atoms with Gasteiger partial charge in [-0.05, 0) is 30.9 Å². The molecule has 2 N–H and O–H groups in total. The molecule has 1 aromatic carbocycles. The Kier molecular flexibility index (Phi) is 5.01. The molecule has 0 unspecified atom stereocenters. The van der Waals surface area contributed by atoms with Crippen LogP contribution in [0.4, 0.5) is 10.5 Å². The van der Waals surface area contributed by atoms with Gasteiger partial charge in [0.15, 0.2) is 0 Å². The van der Waals surface area contributed by atoms with Gasteiger partial charge >= 0.3 is 6.03 Å². The molecule has 0 radical (unpaired) electrons. The maximum absolute atomic E-state index is 11.8. The Bertz CT molecular complexity index is 374. The van der Waals surface area contributed by atoms with Crippen molar-refractivity contribution in [3.63, 3.8) is 0 Å². The summed E-state index contributed by atoms with van der Waals surface area (Å²) >= 11 is 0. The zero-order valence-corrected chi connectivity index (χ0v) is 11.1. The van der Waals surface area contributed by atoms with E-state index in [0.29, 0.717) is 5.92 Å². The Labute approximate surface area is 104 Å². The van der Waals surface area contributed by atoms with Gasteiger partial charge in [0.25, 0.3) is 0 Å². The van der Waals surface area contributed by atoms with E-state index in [1.165, 1.54) is 0 Å². The number of amides is 2. The number of carbonyl (C=O) groups excluding carboxylic acids is 1. The summed E-state index contributed by atoms with van der Waals surface area (Å²) in [5, 5.41) is 5.83. The smallest absolute Gasteiger partial charge is 0.319 e. The van der Waals surface area contributed by atoms with Crippen molar-refractivity contribution >= 4 is 11.7 Å². The molecular weight excluding hydrogens is 212 g/mol. The molecule has 0 aromatic heterocycles. The van der Waals surface area contributed by atoms with Crippen LogP contribution in [0.2, 0.25) is 0 Å². The second-order valence-electron chi connectivity index (χ2n) is 4.64. The van der Waals surface area contributed by atoms with Crippen LogP contribution in [0.3, 0.4) is 0 Å². The van der Waals surface area contributed by atoms with Crippen LogP contribution in [0.5, 0.6) is 0 Å². The van der Waals surface area contributed by atoms with Gasteiger partial charge in [0, 0.05) is 11.7 Å². The molecule has 0 fully saturated rings. The summed E-state index contributed by atoms with van der Waals surface area (Å²) in [6.45, 7) is 8.26. The highest BCUT2D eigenvalue weighted by Gasteiger charge is 2.11. The highest BCUT2D eigenvalue weighted by atomic mass is 16.2. The van der Waals surface area contributed by atoms with Crippen molar-refractivity contribution in [3.8, 4) is 0 Å². The fraction of sp³-hybridized carbons (Fsp3) is 0.500. The van der Waals surface area contributed by atoms with Crippen molar-refractivity contribution in [1.82, 2.24) is 5.32 Å². The summed E-state index contributed by atoms with van der Waals surface area (Å²) in [4.78, 5) is 11.8. The van der Waals surface area contributed by atoms with Crippen LogP contribution in [-0.2, 0) is 6.42 Å².